The fourth-order valence-electron chi connectivity index (χ4n) is 1.26. The van der Waals surface area contributed by atoms with Crippen LogP contribution in [0.2, 0.25) is 0 Å². The van der Waals surface area contributed by atoms with Gasteiger partial charge in [0, 0.05) is 13.0 Å². The Kier molecular flexibility index (Phi) is 4.03. The Labute approximate surface area is 110 Å². The molecule has 0 aliphatic heterocycles. The quantitative estimate of drug-likeness (QED) is 0.677. The van der Waals surface area contributed by atoms with Gasteiger partial charge in [-0.15, -0.1) is 0 Å². The summed E-state index contributed by atoms with van der Waals surface area (Å²) in [6, 6.07) is 1.49. The van der Waals surface area contributed by atoms with Crippen molar-refractivity contribution in [1.29, 1.82) is 0 Å². The van der Waals surface area contributed by atoms with E-state index < -0.39 is 42.4 Å². The molecule has 7 nitrogen and oxygen atoms in total. The first-order chi connectivity index (χ1) is 8.96. The van der Waals surface area contributed by atoms with Crippen molar-refractivity contribution < 1.29 is 31.3 Å². The van der Waals surface area contributed by atoms with E-state index >= 15 is 0 Å². The zero-order valence-electron chi connectivity index (χ0n) is 9.76. The molecule has 0 heterocycles. The first-order valence-electron chi connectivity index (χ1n) is 4.84. The SMILES string of the molecule is CC(=O)Nc1ccc(S(=O)(=O)C(F)(F)F)cc1[N+](=O)[O-]. The molecule has 0 aromatic heterocycles. The van der Waals surface area contributed by atoms with E-state index in [9.17, 15) is 36.5 Å². The molecular weight excluding hydrogens is 305 g/mol. The number of nitro groups is 1. The van der Waals surface area contributed by atoms with E-state index in [0.29, 0.717) is 6.07 Å². The normalized spacial score (nSPS) is 12.0. The van der Waals surface area contributed by atoms with Crippen molar-refractivity contribution in [3.8, 4) is 0 Å². The third-order valence-electron chi connectivity index (χ3n) is 2.09. The Morgan fingerprint density at radius 3 is 2.30 bits per heavy atom. The molecular formula is C9H7F3N2O5S. The molecule has 0 atom stereocenters. The van der Waals surface area contributed by atoms with Gasteiger partial charge in [-0.2, -0.15) is 13.2 Å². The number of hydrogen-bond acceptors (Lipinski definition) is 5. The largest absolute Gasteiger partial charge is 0.501 e. The minimum absolute atomic E-state index is 0.244. The van der Waals surface area contributed by atoms with Crippen LogP contribution in [0.3, 0.4) is 0 Å². The van der Waals surface area contributed by atoms with Gasteiger partial charge in [0.2, 0.25) is 5.91 Å². The molecule has 0 aliphatic rings. The van der Waals surface area contributed by atoms with E-state index in [4.69, 9.17) is 0 Å². The lowest BCUT2D eigenvalue weighted by Gasteiger charge is -2.09. The van der Waals surface area contributed by atoms with E-state index in [-0.39, 0.29) is 6.07 Å². The monoisotopic (exact) mass is 312 g/mol. The van der Waals surface area contributed by atoms with Gasteiger partial charge >= 0.3 is 5.51 Å². The number of nitrogens with one attached hydrogen (secondary N) is 1. The zero-order valence-corrected chi connectivity index (χ0v) is 10.6. The number of halogens is 3. The third kappa shape index (κ3) is 3.04. The van der Waals surface area contributed by atoms with Crippen LogP contribution in [0.15, 0.2) is 23.1 Å². The predicted octanol–water partition coefficient (Wildman–Crippen LogP) is 1.85. The molecule has 0 saturated carbocycles. The fourth-order valence-corrected chi connectivity index (χ4v) is 2.04. The van der Waals surface area contributed by atoms with Crippen LogP contribution in [0.1, 0.15) is 6.92 Å². The molecule has 110 valence electrons. The predicted molar refractivity (Wildman–Crippen MR) is 60.6 cm³/mol. The number of anilines is 1. The summed E-state index contributed by atoms with van der Waals surface area (Å²) < 4.78 is 59.3. The number of rotatable bonds is 3. The minimum atomic E-state index is -5.69. The second-order valence-corrected chi connectivity index (χ2v) is 5.51. The highest BCUT2D eigenvalue weighted by Crippen LogP contribution is 2.34. The van der Waals surface area contributed by atoms with Gasteiger partial charge in [-0.3, -0.25) is 14.9 Å². The molecule has 20 heavy (non-hydrogen) atoms. The number of carbonyl (C=O) groups is 1. The summed E-state index contributed by atoms with van der Waals surface area (Å²) in [4.78, 5) is 19.1. The van der Waals surface area contributed by atoms with E-state index in [1.54, 1.807) is 0 Å². The molecule has 1 amide bonds. The van der Waals surface area contributed by atoms with Crippen LogP contribution in [0.5, 0.6) is 0 Å². The summed E-state index contributed by atoms with van der Waals surface area (Å²) in [5.74, 6) is -0.695. The number of nitro benzene ring substituents is 1. The van der Waals surface area contributed by atoms with Crippen molar-refractivity contribution in [3.05, 3.63) is 28.3 Å². The Hall–Kier alpha value is -2.17. The number of nitrogens with zero attached hydrogens (tertiary/aromatic N) is 1. The Morgan fingerprint density at radius 2 is 1.90 bits per heavy atom. The van der Waals surface area contributed by atoms with Crippen molar-refractivity contribution in [1.82, 2.24) is 0 Å². The maximum absolute atomic E-state index is 12.3. The lowest BCUT2D eigenvalue weighted by molar-refractivity contribution is -0.384. The van der Waals surface area contributed by atoms with Crippen LogP contribution in [0, 0.1) is 10.1 Å². The second-order valence-electron chi connectivity index (χ2n) is 3.57. The van der Waals surface area contributed by atoms with Crippen LogP contribution >= 0.6 is 0 Å². The summed E-state index contributed by atoms with van der Waals surface area (Å²) in [5.41, 5.74) is -6.93. The van der Waals surface area contributed by atoms with Crippen LogP contribution in [-0.2, 0) is 14.6 Å². The topological polar surface area (TPSA) is 106 Å². The lowest BCUT2D eigenvalue weighted by atomic mass is 10.2. The van der Waals surface area contributed by atoms with Crippen LogP contribution in [0.4, 0.5) is 24.5 Å². The average molecular weight is 312 g/mol. The van der Waals surface area contributed by atoms with Crippen LogP contribution < -0.4 is 5.32 Å². The highest BCUT2D eigenvalue weighted by atomic mass is 32.2. The first kappa shape index (κ1) is 15.9. The van der Waals surface area contributed by atoms with Gasteiger partial charge in [0.1, 0.15) is 5.69 Å². The van der Waals surface area contributed by atoms with Gasteiger partial charge in [-0.05, 0) is 12.1 Å². The number of alkyl halides is 3. The number of benzene rings is 1. The van der Waals surface area contributed by atoms with E-state index in [0.717, 1.165) is 13.0 Å². The molecule has 0 fully saturated rings. The Balaban J connectivity index is 3.46. The number of amides is 1. The van der Waals surface area contributed by atoms with Gasteiger partial charge < -0.3 is 5.32 Å². The number of sulfone groups is 1. The number of hydrogen-bond donors (Lipinski definition) is 1. The van der Waals surface area contributed by atoms with Gasteiger partial charge in [0.25, 0.3) is 15.5 Å². The van der Waals surface area contributed by atoms with Gasteiger partial charge in [-0.1, -0.05) is 0 Å². The Bertz CT molecular complexity index is 669. The van der Waals surface area contributed by atoms with Crippen molar-refractivity contribution in [3.63, 3.8) is 0 Å². The molecule has 1 N–H and O–H groups in total. The van der Waals surface area contributed by atoms with Crippen LogP contribution in [0.25, 0.3) is 0 Å². The molecule has 1 rings (SSSR count). The minimum Gasteiger partial charge on any atom is -0.321 e. The van der Waals surface area contributed by atoms with E-state index in [2.05, 4.69) is 0 Å². The highest BCUT2D eigenvalue weighted by molar-refractivity contribution is 7.92. The summed E-state index contributed by atoms with van der Waals surface area (Å²) in [7, 11) is -5.69. The Morgan fingerprint density at radius 1 is 1.35 bits per heavy atom. The average Bonchev–Trinajstić information content (AvgIpc) is 2.26. The zero-order chi connectivity index (χ0) is 15.7. The highest BCUT2D eigenvalue weighted by Gasteiger charge is 2.47. The second kappa shape index (κ2) is 5.07. The van der Waals surface area contributed by atoms with Crippen LogP contribution in [-0.4, -0.2) is 24.8 Å². The smallest absolute Gasteiger partial charge is 0.321 e. The maximum atomic E-state index is 12.3. The molecule has 11 heteroatoms. The fraction of sp³-hybridized carbons (Fsp3) is 0.222. The van der Waals surface area contributed by atoms with Crippen molar-refractivity contribution in [2.24, 2.45) is 0 Å². The number of carbonyl (C=O) groups excluding carboxylic acids is 1. The summed E-state index contributed by atoms with van der Waals surface area (Å²) in [6.45, 7) is 1.03. The molecule has 0 radical (unpaired) electrons. The lowest BCUT2D eigenvalue weighted by Crippen LogP contribution is -2.23. The third-order valence-corrected chi connectivity index (χ3v) is 3.58. The van der Waals surface area contributed by atoms with Crippen molar-refractivity contribution in [2.45, 2.75) is 17.3 Å². The summed E-state index contributed by atoms with van der Waals surface area (Å²) >= 11 is 0. The molecule has 0 aliphatic carbocycles. The maximum Gasteiger partial charge on any atom is 0.501 e. The molecule has 0 bridgehead atoms. The molecule has 0 saturated heterocycles. The van der Waals surface area contributed by atoms with Crippen molar-refractivity contribution in [2.75, 3.05) is 5.32 Å². The first-order valence-corrected chi connectivity index (χ1v) is 6.32. The van der Waals surface area contributed by atoms with Gasteiger partial charge in [-0.25, -0.2) is 8.42 Å². The molecule has 1 aromatic rings. The summed E-state index contributed by atoms with van der Waals surface area (Å²) in [5, 5.41) is 12.7. The molecule has 0 unspecified atom stereocenters. The van der Waals surface area contributed by atoms with Gasteiger partial charge in [0.15, 0.2) is 0 Å². The molecule has 0 spiro atoms. The van der Waals surface area contributed by atoms with E-state index in [1.165, 1.54) is 0 Å². The van der Waals surface area contributed by atoms with E-state index in [1.807, 2.05) is 5.32 Å². The molecule has 1 aromatic carbocycles. The standard InChI is InChI=1S/C9H7F3N2O5S/c1-5(15)13-7-3-2-6(4-8(7)14(16)17)20(18,19)9(10,11)12/h2-4H,1H3,(H,13,15). The van der Waals surface area contributed by atoms with Gasteiger partial charge in [0.05, 0.1) is 9.82 Å². The van der Waals surface area contributed by atoms with Crippen molar-refractivity contribution >= 4 is 27.1 Å². The summed E-state index contributed by atoms with van der Waals surface area (Å²) in [6.07, 6.45) is 0.